The minimum Gasteiger partial charge on any atom is -0.454 e. The fourth-order valence-electron chi connectivity index (χ4n) is 2.18. The highest BCUT2D eigenvalue weighted by Crippen LogP contribution is 2.34. The number of rotatable bonds is 7. The summed E-state index contributed by atoms with van der Waals surface area (Å²) in [7, 11) is 0. The molecule has 0 unspecified atom stereocenters. The van der Waals surface area contributed by atoms with Crippen molar-refractivity contribution < 1.29 is 32.0 Å². The molecule has 0 bridgehead atoms. The molecule has 3 rings (SSSR count). The molecule has 2 heterocycles. The summed E-state index contributed by atoms with van der Waals surface area (Å²) in [6.07, 6.45) is -4.73. The number of halogens is 3. The first-order chi connectivity index (χ1) is 13.7. The Balaban J connectivity index is 1.57. The number of thiophene rings is 1. The van der Waals surface area contributed by atoms with Crippen LogP contribution < -0.4 is 5.32 Å². The van der Waals surface area contributed by atoms with Crippen molar-refractivity contribution in [3.8, 4) is 10.8 Å². The Morgan fingerprint density at radius 1 is 1.31 bits per heavy atom. The van der Waals surface area contributed by atoms with E-state index in [4.69, 9.17) is 9.15 Å². The number of esters is 1. The van der Waals surface area contributed by atoms with Crippen molar-refractivity contribution in [3.63, 3.8) is 0 Å². The van der Waals surface area contributed by atoms with Gasteiger partial charge in [-0.05, 0) is 23.6 Å². The number of carbonyl (C=O) groups is 1. The van der Waals surface area contributed by atoms with Gasteiger partial charge in [0.1, 0.15) is 12.2 Å². The highest BCUT2D eigenvalue weighted by atomic mass is 32.1. The topological polar surface area (TPSA) is 120 Å². The minimum atomic E-state index is -4.73. The minimum absolute atomic E-state index is 0.0438. The van der Waals surface area contributed by atoms with Crippen LogP contribution in [0.5, 0.6) is 0 Å². The van der Waals surface area contributed by atoms with Crippen LogP contribution >= 0.6 is 11.3 Å². The van der Waals surface area contributed by atoms with E-state index in [2.05, 4.69) is 15.5 Å². The quantitative estimate of drug-likeness (QED) is 0.342. The predicted molar refractivity (Wildman–Crippen MR) is 94.0 cm³/mol. The fraction of sp³-hybridized carbons (Fsp3) is 0.188. The van der Waals surface area contributed by atoms with E-state index in [-0.39, 0.29) is 24.1 Å². The summed E-state index contributed by atoms with van der Waals surface area (Å²) in [4.78, 5) is 22.6. The van der Waals surface area contributed by atoms with Gasteiger partial charge in [-0.3, -0.25) is 14.9 Å². The van der Waals surface area contributed by atoms with Gasteiger partial charge in [0.05, 0.1) is 15.4 Å². The molecule has 0 aliphatic heterocycles. The third-order valence-corrected chi connectivity index (χ3v) is 4.36. The van der Waals surface area contributed by atoms with Crippen molar-refractivity contribution >= 4 is 28.7 Å². The maximum Gasteiger partial charge on any atom is 0.416 e. The molecular weight excluding hydrogens is 417 g/mol. The van der Waals surface area contributed by atoms with Crippen molar-refractivity contribution in [3.05, 3.63) is 57.3 Å². The van der Waals surface area contributed by atoms with Crippen LogP contribution in [-0.2, 0) is 22.3 Å². The average Bonchev–Trinajstić information content (AvgIpc) is 3.35. The largest absolute Gasteiger partial charge is 0.454 e. The molecule has 1 aromatic carbocycles. The van der Waals surface area contributed by atoms with Gasteiger partial charge >= 0.3 is 12.1 Å². The number of hydrogen-bond acceptors (Lipinski definition) is 9. The molecule has 0 fully saturated rings. The van der Waals surface area contributed by atoms with Crippen LogP contribution in [-0.4, -0.2) is 27.6 Å². The third kappa shape index (κ3) is 5.07. The van der Waals surface area contributed by atoms with Crippen LogP contribution in [0.15, 0.2) is 40.1 Å². The Hall–Kier alpha value is -3.48. The summed E-state index contributed by atoms with van der Waals surface area (Å²) in [5.41, 5.74) is -2.24. The summed E-state index contributed by atoms with van der Waals surface area (Å²) in [6, 6.07) is 5.51. The SMILES string of the molecule is O=C(CNc1ccc(C(F)(F)F)cc1[N+](=O)[O-])OCc1nnc(-c2cccs2)o1. The van der Waals surface area contributed by atoms with Crippen LogP contribution in [0.1, 0.15) is 11.5 Å². The number of nitro benzene ring substituents is 1. The highest BCUT2D eigenvalue weighted by Gasteiger charge is 2.33. The van der Waals surface area contributed by atoms with Crippen LogP contribution in [0.2, 0.25) is 0 Å². The lowest BCUT2D eigenvalue weighted by Gasteiger charge is -2.10. The van der Waals surface area contributed by atoms with Crippen molar-refractivity contribution in [1.29, 1.82) is 0 Å². The number of benzene rings is 1. The van der Waals surface area contributed by atoms with Crippen LogP contribution in [0.4, 0.5) is 24.5 Å². The summed E-state index contributed by atoms with van der Waals surface area (Å²) in [5, 5.41) is 22.8. The molecule has 0 aliphatic carbocycles. The fourth-order valence-corrected chi connectivity index (χ4v) is 2.83. The molecule has 2 aromatic heterocycles. The van der Waals surface area contributed by atoms with E-state index in [1.54, 1.807) is 12.1 Å². The lowest BCUT2D eigenvalue weighted by atomic mass is 10.1. The molecule has 9 nitrogen and oxygen atoms in total. The molecule has 0 spiro atoms. The van der Waals surface area contributed by atoms with Crippen LogP contribution in [0.3, 0.4) is 0 Å². The van der Waals surface area contributed by atoms with Gasteiger partial charge in [0.25, 0.3) is 17.5 Å². The van der Waals surface area contributed by atoms with E-state index < -0.39 is 34.9 Å². The van der Waals surface area contributed by atoms with Gasteiger partial charge in [0.2, 0.25) is 0 Å². The van der Waals surface area contributed by atoms with E-state index in [0.29, 0.717) is 12.1 Å². The molecule has 0 radical (unpaired) electrons. The van der Waals surface area contributed by atoms with Gasteiger partial charge < -0.3 is 14.5 Å². The molecule has 1 N–H and O–H groups in total. The van der Waals surface area contributed by atoms with E-state index in [1.165, 1.54) is 11.3 Å². The average molecular weight is 428 g/mol. The number of alkyl halides is 3. The Bertz CT molecular complexity index is 1020. The number of nitrogens with one attached hydrogen (secondary N) is 1. The number of aromatic nitrogens is 2. The number of nitrogens with zero attached hydrogens (tertiary/aromatic N) is 3. The Kier molecular flexibility index (Phi) is 5.77. The van der Waals surface area contributed by atoms with Crippen molar-refractivity contribution in [2.45, 2.75) is 12.8 Å². The Morgan fingerprint density at radius 2 is 2.10 bits per heavy atom. The molecule has 0 atom stereocenters. The third-order valence-electron chi connectivity index (χ3n) is 3.50. The monoisotopic (exact) mass is 428 g/mol. The number of ether oxygens (including phenoxy) is 1. The van der Waals surface area contributed by atoms with Crippen molar-refractivity contribution in [1.82, 2.24) is 10.2 Å². The van der Waals surface area contributed by atoms with E-state index >= 15 is 0 Å². The van der Waals surface area contributed by atoms with Gasteiger partial charge in [-0.25, -0.2) is 0 Å². The summed E-state index contributed by atoms with van der Waals surface area (Å²) in [6.45, 7) is -0.841. The maximum absolute atomic E-state index is 12.7. The smallest absolute Gasteiger partial charge is 0.416 e. The van der Waals surface area contributed by atoms with Gasteiger partial charge in [-0.1, -0.05) is 6.07 Å². The normalized spacial score (nSPS) is 11.3. The van der Waals surface area contributed by atoms with Crippen molar-refractivity contribution in [2.24, 2.45) is 0 Å². The Labute approximate surface area is 164 Å². The summed E-state index contributed by atoms with van der Waals surface area (Å²) < 4.78 is 48.3. The van der Waals surface area contributed by atoms with Gasteiger partial charge in [-0.2, -0.15) is 13.2 Å². The number of anilines is 1. The molecule has 29 heavy (non-hydrogen) atoms. The molecule has 0 saturated heterocycles. The van der Waals surface area contributed by atoms with Gasteiger partial charge in [-0.15, -0.1) is 21.5 Å². The van der Waals surface area contributed by atoms with Crippen LogP contribution in [0.25, 0.3) is 10.8 Å². The number of hydrogen-bond donors (Lipinski definition) is 1. The lowest BCUT2D eigenvalue weighted by molar-refractivity contribution is -0.384. The van der Waals surface area contributed by atoms with E-state index in [9.17, 15) is 28.1 Å². The second kappa shape index (κ2) is 8.26. The number of carbonyl (C=O) groups excluding carboxylic acids is 1. The first-order valence-corrected chi connectivity index (χ1v) is 8.73. The summed E-state index contributed by atoms with van der Waals surface area (Å²) in [5.74, 6) is -0.512. The zero-order valence-electron chi connectivity index (χ0n) is 14.3. The first kappa shape index (κ1) is 20.3. The maximum atomic E-state index is 12.7. The highest BCUT2D eigenvalue weighted by molar-refractivity contribution is 7.13. The molecular formula is C16H11F3N4O5S. The molecule has 152 valence electrons. The second-order valence-corrected chi connectivity index (χ2v) is 6.43. The van der Waals surface area contributed by atoms with Crippen molar-refractivity contribution in [2.75, 3.05) is 11.9 Å². The lowest BCUT2D eigenvalue weighted by Crippen LogP contribution is -2.18. The molecule has 0 aliphatic rings. The Morgan fingerprint density at radius 3 is 2.76 bits per heavy atom. The molecule has 13 heteroatoms. The predicted octanol–water partition coefficient (Wildman–Crippen LogP) is 3.88. The first-order valence-electron chi connectivity index (χ1n) is 7.85. The zero-order valence-corrected chi connectivity index (χ0v) is 15.1. The van der Waals surface area contributed by atoms with Gasteiger partial charge in [0, 0.05) is 6.07 Å². The number of nitro groups is 1. The second-order valence-electron chi connectivity index (χ2n) is 5.48. The molecule has 3 aromatic rings. The summed E-state index contributed by atoms with van der Waals surface area (Å²) >= 11 is 1.39. The van der Waals surface area contributed by atoms with Crippen LogP contribution in [0, 0.1) is 10.1 Å². The zero-order chi connectivity index (χ0) is 21.0. The molecule has 0 saturated carbocycles. The standard InChI is InChI=1S/C16H11F3N4O5S/c17-16(18,19)9-3-4-10(11(6-9)23(25)26)20-7-14(24)27-8-13-21-22-15(28-13)12-2-1-5-29-12/h1-6,20H,7-8H2. The molecule has 0 amide bonds. The van der Waals surface area contributed by atoms with E-state index in [0.717, 1.165) is 10.9 Å². The van der Waals surface area contributed by atoms with E-state index in [1.807, 2.05) is 5.38 Å². The van der Waals surface area contributed by atoms with Gasteiger partial charge in [0.15, 0.2) is 6.61 Å².